The molecule has 0 aromatic heterocycles. The van der Waals surface area contributed by atoms with Gasteiger partial charge < -0.3 is 10.1 Å². The fraction of sp³-hybridized carbons (Fsp3) is 0.385. The summed E-state index contributed by atoms with van der Waals surface area (Å²) in [5.41, 5.74) is 1.48. The zero-order valence-electron chi connectivity index (χ0n) is 9.93. The van der Waals surface area contributed by atoms with Crippen molar-refractivity contribution < 1.29 is 9.13 Å². The van der Waals surface area contributed by atoms with Crippen LogP contribution in [0, 0.1) is 5.82 Å². The highest BCUT2D eigenvalue weighted by Gasteiger charge is 2.05. The van der Waals surface area contributed by atoms with Crippen LogP contribution in [-0.4, -0.2) is 19.8 Å². The first kappa shape index (κ1) is 14.2. The predicted molar refractivity (Wildman–Crippen MR) is 68.7 cm³/mol. The minimum Gasteiger partial charge on any atom is -0.376 e. The van der Waals surface area contributed by atoms with E-state index in [-0.39, 0.29) is 5.82 Å². The van der Waals surface area contributed by atoms with Crippen LogP contribution in [0.25, 0.3) is 0 Å². The Hall–Kier alpha value is -0.900. The Balaban J connectivity index is 2.24. The summed E-state index contributed by atoms with van der Waals surface area (Å²) >= 11 is 5.89. The SMILES string of the molecule is C=C(C)COCCNCc1c(F)cccc1Cl. The number of hydrogen-bond acceptors (Lipinski definition) is 2. The smallest absolute Gasteiger partial charge is 0.129 e. The van der Waals surface area contributed by atoms with E-state index in [9.17, 15) is 4.39 Å². The first-order chi connectivity index (χ1) is 8.11. The second-order valence-corrected chi connectivity index (χ2v) is 4.29. The lowest BCUT2D eigenvalue weighted by molar-refractivity contribution is 0.157. The molecule has 0 aliphatic carbocycles. The average molecular weight is 258 g/mol. The fourth-order valence-corrected chi connectivity index (χ4v) is 1.54. The molecule has 0 spiro atoms. The van der Waals surface area contributed by atoms with E-state index >= 15 is 0 Å². The normalized spacial score (nSPS) is 10.5. The molecule has 0 radical (unpaired) electrons. The van der Waals surface area contributed by atoms with Gasteiger partial charge in [0.2, 0.25) is 0 Å². The van der Waals surface area contributed by atoms with Gasteiger partial charge in [-0.3, -0.25) is 0 Å². The van der Waals surface area contributed by atoms with Crippen molar-refractivity contribution in [2.24, 2.45) is 0 Å². The molecular weight excluding hydrogens is 241 g/mol. The molecule has 0 unspecified atom stereocenters. The molecule has 0 bridgehead atoms. The number of benzene rings is 1. The van der Waals surface area contributed by atoms with Crippen molar-refractivity contribution in [2.75, 3.05) is 19.8 Å². The highest BCUT2D eigenvalue weighted by atomic mass is 35.5. The summed E-state index contributed by atoms with van der Waals surface area (Å²) in [5, 5.41) is 3.52. The van der Waals surface area contributed by atoms with Crippen molar-refractivity contribution >= 4 is 11.6 Å². The van der Waals surface area contributed by atoms with Crippen molar-refractivity contribution in [2.45, 2.75) is 13.5 Å². The van der Waals surface area contributed by atoms with Crippen LogP contribution in [0.1, 0.15) is 12.5 Å². The molecule has 1 aromatic carbocycles. The van der Waals surface area contributed by atoms with Gasteiger partial charge in [-0.1, -0.05) is 29.8 Å². The van der Waals surface area contributed by atoms with Gasteiger partial charge in [0.15, 0.2) is 0 Å². The molecule has 2 nitrogen and oxygen atoms in total. The van der Waals surface area contributed by atoms with Gasteiger partial charge >= 0.3 is 0 Å². The van der Waals surface area contributed by atoms with Gasteiger partial charge in [0.1, 0.15) is 5.82 Å². The maximum Gasteiger partial charge on any atom is 0.129 e. The quantitative estimate of drug-likeness (QED) is 0.598. The topological polar surface area (TPSA) is 21.3 Å². The summed E-state index contributed by atoms with van der Waals surface area (Å²) in [7, 11) is 0. The van der Waals surface area contributed by atoms with E-state index in [2.05, 4.69) is 11.9 Å². The predicted octanol–water partition coefficient (Wildman–Crippen LogP) is 3.16. The summed E-state index contributed by atoms with van der Waals surface area (Å²) < 4.78 is 18.7. The van der Waals surface area contributed by atoms with Gasteiger partial charge in [0, 0.05) is 23.7 Å². The Bertz CT molecular complexity index is 361. The third-order valence-corrected chi connectivity index (χ3v) is 2.49. The molecule has 4 heteroatoms. The van der Waals surface area contributed by atoms with Crippen LogP contribution in [0.4, 0.5) is 4.39 Å². The van der Waals surface area contributed by atoms with Crippen LogP contribution >= 0.6 is 11.6 Å². The minimum atomic E-state index is -0.284. The number of halogens is 2. The van der Waals surface area contributed by atoms with E-state index < -0.39 is 0 Å². The largest absolute Gasteiger partial charge is 0.376 e. The highest BCUT2D eigenvalue weighted by Crippen LogP contribution is 2.18. The molecule has 0 heterocycles. The summed E-state index contributed by atoms with van der Waals surface area (Å²) in [6.07, 6.45) is 0. The molecule has 1 aromatic rings. The molecule has 0 atom stereocenters. The zero-order valence-corrected chi connectivity index (χ0v) is 10.7. The first-order valence-corrected chi connectivity index (χ1v) is 5.85. The van der Waals surface area contributed by atoms with Gasteiger partial charge in [-0.25, -0.2) is 4.39 Å². The Morgan fingerprint density at radius 3 is 2.94 bits per heavy atom. The van der Waals surface area contributed by atoms with Gasteiger partial charge in [0.25, 0.3) is 0 Å². The maximum absolute atomic E-state index is 13.4. The summed E-state index contributed by atoms with van der Waals surface area (Å²) in [6.45, 7) is 7.82. The molecule has 1 N–H and O–H groups in total. The van der Waals surface area contributed by atoms with Crippen LogP contribution in [0.3, 0.4) is 0 Å². The zero-order chi connectivity index (χ0) is 12.7. The lowest BCUT2D eigenvalue weighted by atomic mass is 10.2. The van der Waals surface area contributed by atoms with Crippen molar-refractivity contribution in [3.8, 4) is 0 Å². The average Bonchev–Trinajstić information content (AvgIpc) is 2.26. The standard InChI is InChI=1S/C13H17ClFNO/c1-10(2)9-17-7-6-16-8-11-12(14)4-3-5-13(11)15/h3-5,16H,1,6-9H2,2H3. The molecule has 0 saturated carbocycles. The van der Waals surface area contributed by atoms with E-state index in [1.165, 1.54) is 6.07 Å². The van der Waals surface area contributed by atoms with E-state index in [4.69, 9.17) is 16.3 Å². The highest BCUT2D eigenvalue weighted by molar-refractivity contribution is 6.31. The van der Waals surface area contributed by atoms with Gasteiger partial charge in [0.05, 0.1) is 13.2 Å². The summed E-state index contributed by atoms with van der Waals surface area (Å²) in [5.74, 6) is -0.284. The molecule has 0 aliphatic rings. The summed E-state index contributed by atoms with van der Waals surface area (Å²) in [6, 6.07) is 4.68. The maximum atomic E-state index is 13.4. The molecule has 17 heavy (non-hydrogen) atoms. The van der Waals surface area contributed by atoms with Crippen LogP contribution < -0.4 is 5.32 Å². The number of hydrogen-bond donors (Lipinski definition) is 1. The second-order valence-electron chi connectivity index (χ2n) is 3.89. The monoisotopic (exact) mass is 257 g/mol. The fourth-order valence-electron chi connectivity index (χ4n) is 1.31. The van der Waals surface area contributed by atoms with Gasteiger partial charge in [-0.2, -0.15) is 0 Å². The molecule has 0 saturated heterocycles. The van der Waals surface area contributed by atoms with Gasteiger partial charge in [-0.05, 0) is 19.1 Å². The van der Waals surface area contributed by atoms with E-state index in [0.29, 0.717) is 36.9 Å². The molecular formula is C13H17ClFNO. The Labute approximate surface area is 106 Å². The Kier molecular flexibility index (Phi) is 6.19. The molecule has 0 fully saturated rings. The number of ether oxygens (including phenoxy) is 1. The van der Waals surface area contributed by atoms with Crippen molar-refractivity contribution in [1.29, 1.82) is 0 Å². The van der Waals surface area contributed by atoms with E-state index in [0.717, 1.165) is 5.57 Å². The lowest BCUT2D eigenvalue weighted by Gasteiger charge is -2.08. The van der Waals surface area contributed by atoms with Crippen molar-refractivity contribution in [3.63, 3.8) is 0 Å². The Morgan fingerprint density at radius 2 is 2.29 bits per heavy atom. The second kappa shape index (κ2) is 7.43. The summed E-state index contributed by atoms with van der Waals surface area (Å²) in [4.78, 5) is 0. The Morgan fingerprint density at radius 1 is 1.53 bits per heavy atom. The van der Waals surface area contributed by atoms with Crippen molar-refractivity contribution in [3.05, 3.63) is 46.8 Å². The van der Waals surface area contributed by atoms with E-state index in [1.807, 2.05) is 6.92 Å². The van der Waals surface area contributed by atoms with Crippen LogP contribution in [-0.2, 0) is 11.3 Å². The van der Waals surface area contributed by atoms with Crippen LogP contribution in [0.15, 0.2) is 30.4 Å². The molecule has 0 aliphatic heterocycles. The number of rotatable bonds is 7. The number of nitrogens with one attached hydrogen (secondary N) is 1. The van der Waals surface area contributed by atoms with Crippen molar-refractivity contribution in [1.82, 2.24) is 5.32 Å². The first-order valence-electron chi connectivity index (χ1n) is 5.47. The third-order valence-electron chi connectivity index (χ3n) is 2.14. The van der Waals surface area contributed by atoms with Crippen LogP contribution in [0.2, 0.25) is 5.02 Å². The molecule has 0 amide bonds. The lowest BCUT2D eigenvalue weighted by Crippen LogP contribution is -2.20. The van der Waals surface area contributed by atoms with Crippen LogP contribution in [0.5, 0.6) is 0 Å². The van der Waals surface area contributed by atoms with E-state index in [1.54, 1.807) is 12.1 Å². The molecule has 1 rings (SSSR count). The molecule has 94 valence electrons. The third kappa shape index (κ3) is 5.31. The van der Waals surface area contributed by atoms with Gasteiger partial charge in [-0.15, -0.1) is 0 Å². The minimum absolute atomic E-state index is 0.284.